The molecule has 3 N–H and O–H groups in total. The first-order valence-corrected chi connectivity index (χ1v) is 6.30. The van der Waals surface area contributed by atoms with Gasteiger partial charge in [0.1, 0.15) is 0 Å². The van der Waals surface area contributed by atoms with E-state index in [1.807, 2.05) is 0 Å². The molecule has 4 nitrogen and oxygen atoms in total. The van der Waals surface area contributed by atoms with Gasteiger partial charge in [0.05, 0.1) is 12.1 Å². The second kappa shape index (κ2) is 6.86. The van der Waals surface area contributed by atoms with Crippen molar-refractivity contribution in [2.24, 2.45) is 0 Å². The van der Waals surface area contributed by atoms with Crippen LogP contribution in [0.5, 0.6) is 0 Å². The molecule has 2 unspecified atom stereocenters. The number of nitrogens with one attached hydrogen (secondary N) is 2. The van der Waals surface area contributed by atoms with Gasteiger partial charge in [-0.2, -0.15) is 0 Å². The maximum absolute atomic E-state index is 11.6. The molecule has 1 amide bonds. The van der Waals surface area contributed by atoms with Crippen LogP contribution in [0, 0.1) is 0 Å². The molecular formula is C12H24N2O2. The number of rotatable bonds is 5. The lowest BCUT2D eigenvalue weighted by atomic mass is 9.92. The average Bonchev–Trinajstić information content (AvgIpc) is 2.21. The average molecular weight is 228 g/mol. The predicted molar refractivity (Wildman–Crippen MR) is 64.2 cm³/mol. The van der Waals surface area contributed by atoms with E-state index in [0.29, 0.717) is 19.0 Å². The van der Waals surface area contributed by atoms with Crippen LogP contribution in [0.3, 0.4) is 0 Å². The Morgan fingerprint density at radius 3 is 2.69 bits per heavy atom. The number of hydrogen-bond donors (Lipinski definition) is 3. The van der Waals surface area contributed by atoms with Crippen LogP contribution in [-0.4, -0.2) is 35.7 Å². The van der Waals surface area contributed by atoms with Crippen molar-refractivity contribution in [3.05, 3.63) is 0 Å². The van der Waals surface area contributed by atoms with Crippen molar-refractivity contribution < 1.29 is 9.90 Å². The normalized spacial score (nSPS) is 25.8. The topological polar surface area (TPSA) is 61.4 Å². The third-order valence-corrected chi connectivity index (χ3v) is 2.98. The highest BCUT2D eigenvalue weighted by Gasteiger charge is 2.23. The fraction of sp³-hybridized carbons (Fsp3) is 0.917. The van der Waals surface area contributed by atoms with E-state index in [1.54, 1.807) is 0 Å². The molecule has 94 valence electrons. The Balaban J connectivity index is 2.17. The van der Waals surface area contributed by atoms with Gasteiger partial charge in [-0.25, -0.2) is 0 Å². The summed E-state index contributed by atoms with van der Waals surface area (Å²) < 4.78 is 0. The molecule has 1 aliphatic carbocycles. The van der Waals surface area contributed by atoms with E-state index >= 15 is 0 Å². The van der Waals surface area contributed by atoms with Gasteiger partial charge in [0.25, 0.3) is 0 Å². The van der Waals surface area contributed by atoms with Gasteiger partial charge in [0.2, 0.25) is 5.91 Å². The molecule has 0 saturated heterocycles. The summed E-state index contributed by atoms with van der Waals surface area (Å²) in [5.74, 6) is 0.0408. The molecule has 0 bridgehead atoms. The van der Waals surface area contributed by atoms with Crippen molar-refractivity contribution in [3.8, 4) is 0 Å². The lowest BCUT2D eigenvalue weighted by Gasteiger charge is -2.28. The zero-order valence-electron chi connectivity index (χ0n) is 10.3. The van der Waals surface area contributed by atoms with E-state index in [9.17, 15) is 9.90 Å². The van der Waals surface area contributed by atoms with E-state index in [1.165, 1.54) is 0 Å². The Morgan fingerprint density at radius 2 is 2.06 bits per heavy atom. The molecule has 1 rings (SSSR count). The molecule has 16 heavy (non-hydrogen) atoms. The quantitative estimate of drug-likeness (QED) is 0.652. The van der Waals surface area contributed by atoms with Gasteiger partial charge in [-0.1, -0.05) is 26.7 Å². The summed E-state index contributed by atoms with van der Waals surface area (Å²) in [6.45, 7) is 4.82. The summed E-state index contributed by atoms with van der Waals surface area (Å²) in [7, 11) is 0. The summed E-state index contributed by atoms with van der Waals surface area (Å²) in [4.78, 5) is 11.6. The maximum Gasteiger partial charge on any atom is 0.221 e. The summed E-state index contributed by atoms with van der Waals surface area (Å²) in [6.07, 6.45) is 4.03. The summed E-state index contributed by atoms with van der Waals surface area (Å²) in [5.41, 5.74) is 0. The molecule has 4 heteroatoms. The van der Waals surface area contributed by atoms with Gasteiger partial charge in [0.15, 0.2) is 0 Å². The van der Waals surface area contributed by atoms with Crippen molar-refractivity contribution in [1.82, 2.24) is 10.6 Å². The minimum absolute atomic E-state index is 0.0275. The van der Waals surface area contributed by atoms with Crippen LogP contribution in [0.25, 0.3) is 0 Å². The third-order valence-electron chi connectivity index (χ3n) is 2.98. The molecule has 0 aromatic carbocycles. The lowest BCUT2D eigenvalue weighted by Crippen LogP contribution is -2.45. The van der Waals surface area contributed by atoms with E-state index in [0.717, 1.165) is 25.7 Å². The number of aliphatic hydroxyl groups is 1. The SMILES string of the molecule is CC(C)NCCC(=O)NC1CCCCC1O. The molecule has 0 radical (unpaired) electrons. The number of carbonyl (C=O) groups excluding carboxylic acids is 1. The number of amides is 1. The Bertz CT molecular complexity index is 219. The molecule has 0 spiro atoms. The van der Waals surface area contributed by atoms with Crippen molar-refractivity contribution in [3.63, 3.8) is 0 Å². The molecule has 2 atom stereocenters. The molecule has 1 saturated carbocycles. The molecule has 0 aliphatic heterocycles. The largest absolute Gasteiger partial charge is 0.391 e. The van der Waals surface area contributed by atoms with Gasteiger partial charge >= 0.3 is 0 Å². The third kappa shape index (κ3) is 4.94. The van der Waals surface area contributed by atoms with Gasteiger partial charge < -0.3 is 15.7 Å². The highest BCUT2D eigenvalue weighted by Crippen LogP contribution is 2.18. The van der Waals surface area contributed by atoms with Crippen molar-refractivity contribution in [2.75, 3.05) is 6.54 Å². The van der Waals surface area contributed by atoms with Crippen molar-refractivity contribution in [2.45, 2.75) is 64.1 Å². The van der Waals surface area contributed by atoms with Gasteiger partial charge in [-0.05, 0) is 12.8 Å². The molecular weight excluding hydrogens is 204 g/mol. The molecule has 0 aromatic rings. The smallest absolute Gasteiger partial charge is 0.221 e. The van der Waals surface area contributed by atoms with E-state index in [2.05, 4.69) is 24.5 Å². The Kier molecular flexibility index (Phi) is 5.77. The minimum Gasteiger partial charge on any atom is -0.391 e. The zero-order valence-corrected chi connectivity index (χ0v) is 10.3. The molecule has 1 aliphatic rings. The van der Waals surface area contributed by atoms with Gasteiger partial charge in [-0.15, -0.1) is 0 Å². The van der Waals surface area contributed by atoms with Crippen LogP contribution in [-0.2, 0) is 4.79 Å². The monoisotopic (exact) mass is 228 g/mol. The Hall–Kier alpha value is -0.610. The maximum atomic E-state index is 11.6. The number of carbonyl (C=O) groups is 1. The molecule has 0 aromatic heterocycles. The highest BCUT2D eigenvalue weighted by atomic mass is 16.3. The second-order valence-corrected chi connectivity index (χ2v) is 4.88. The van der Waals surface area contributed by atoms with Crippen LogP contribution in [0.1, 0.15) is 46.0 Å². The number of aliphatic hydroxyl groups excluding tert-OH is 1. The Morgan fingerprint density at radius 1 is 1.38 bits per heavy atom. The Labute approximate surface area is 97.8 Å². The van der Waals surface area contributed by atoms with Crippen molar-refractivity contribution >= 4 is 5.91 Å². The second-order valence-electron chi connectivity index (χ2n) is 4.88. The van der Waals surface area contributed by atoms with Crippen LogP contribution >= 0.6 is 0 Å². The molecule has 0 heterocycles. The lowest BCUT2D eigenvalue weighted by molar-refractivity contribution is -0.122. The first-order chi connectivity index (χ1) is 7.59. The van der Waals surface area contributed by atoms with Crippen LogP contribution in [0.15, 0.2) is 0 Å². The van der Waals surface area contributed by atoms with Crippen LogP contribution in [0.4, 0.5) is 0 Å². The zero-order chi connectivity index (χ0) is 12.0. The molecule has 1 fully saturated rings. The minimum atomic E-state index is -0.351. The van der Waals surface area contributed by atoms with Crippen LogP contribution in [0.2, 0.25) is 0 Å². The summed E-state index contributed by atoms with van der Waals surface area (Å²) in [6, 6.07) is 0.383. The highest BCUT2D eigenvalue weighted by molar-refractivity contribution is 5.76. The van der Waals surface area contributed by atoms with E-state index in [4.69, 9.17) is 0 Å². The first-order valence-electron chi connectivity index (χ1n) is 6.30. The van der Waals surface area contributed by atoms with E-state index in [-0.39, 0.29) is 18.1 Å². The fourth-order valence-corrected chi connectivity index (χ4v) is 2.03. The standard InChI is InChI=1S/C12H24N2O2/c1-9(2)13-8-7-12(16)14-10-5-3-4-6-11(10)15/h9-11,13,15H,3-8H2,1-2H3,(H,14,16). The first kappa shape index (κ1) is 13.5. The summed E-state index contributed by atoms with van der Waals surface area (Å²) >= 11 is 0. The number of hydrogen-bond acceptors (Lipinski definition) is 3. The van der Waals surface area contributed by atoms with Gasteiger partial charge in [-0.3, -0.25) is 4.79 Å². The van der Waals surface area contributed by atoms with Crippen LogP contribution < -0.4 is 10.6 Å². The predicted octanol–water partition coefficient (Wildman–Crippen LogP) is 0.794. The summed E-state index contributed by atoms with van der Waals surface area (Å²) in [5, 5.41) is 15.8. The van der Waals surface area contributed by atoms with Crippen molar-refractivity contribution in [1.29, 1.82) is 0 Å². The van der Waals surface area contributed by atoms with E-state index < -0.39 is 0 Å². The van der Waals surface area contributed by atoms with Gasteiger partial charge in [0, 0.05) is 19.0 Å². The fourth-order valence-electron chi connectivity index (χ4n) is 2.03.